The highest BCUT2D eigenvalue weighted by molar-refractivity contribution is 5.79. The molecule has 0 unspecified atom stereocenters. The van der Waals surface area contributed by atoms with Gasteiger partial charge in [0.15, 0.2) is 0 Å². The quantitative estimate of drug-likeness (QED) is 0.836. The Bertz CT molecular complexity index is 539. The van der Waals surface area contributed by atoms with Crippen LogP contribution in [0.4, 0.5) is 0 Å². The first-order valence-corrected chi connectivity index (χ1v) is 6.04. The van der Waals surface area contributed by atoms with Gasteiger partial charge in [0.25, 0.3) is 0 Å². The molecule has 0 radical (unpaired) electrons. The van der Waals surface area contributed by atoms with Crippen LogP contribution in [0.25, 0.3) is 10.9 Å². The molecule has 18 heavy (non-hydrogen) atoms. The molecular weight excluding hydrogens is 226 g/mol. The van der Waals surface area contributed by atoms with E-state index >= 15 is 0 Å². The molecule has 1 heterocycles. The molecule has 2 N–H and O–H groups in total. The van der Waals surface area contributed by atoms with Crippen LogP contribution in [-0.2, 0) is 11.3 Å². The van der Waals surface area contributed by atoms with Crippen LogP contribution in [0, 0.1) is 0 Å². The first-order chi connectivity index (χ1) is 8.79. The lowest BCUT2D eigenvalue weighted by Crippen LogP contribution is -2.26. The van der Waals surface area contributed by atoms with Crippen LogP contribution in [-0.4, -0.2) is 24.5 Å². The first-order valence-electron chi connectivity index (χ1n) is 6.04. The van der Waals surface area contributed by atoms with Gasteiger partial charge in [0.1, 0.15) is 0 Å². The summed E-state index contributed by atoms with van der Waals surface area (Å²) in [6, 6.07) is 10.0. The molecule has 4 heteroatoms. The summed E-state index contributed by atoms with van der Waals surface area (Å²) in [5.41, 5.74) is 1.99. The van der Waals surface area contributed by atoms with Crippen molar-refractivity contribution >= 4 is 16.8 Å². The monoisotopic (exact) mass is 243 g/mol. The number of hydrogen-bond donors (Lipinski definition) is 2. The van der Waals surface area contributed by atoms with Crippen LogP contribution in [0.5, 0.6) is 0 Å². The zero-order valence-corrected chi connectivity index (χ0v) is 10.4. The van der Waals surface area contributed by atoms with E-state index < -0.39 is 0 Å². The van der Waals surface area contributed by atoms with Crippen molar-refractivity contribution in [2.75, 3.05) is 13.6 Å². The van der Waals surface area contributed by atoms with Crippen LogP contribution in [0.3, 0.4) is 0 Å². The van der Waals surface area contributed by atoms with Gasteiger partial charge in [0, 0.05) is 31.1 Å². The summed E-state index contributed by atoms with van der Waals surface area (Å²) in [4.78, 5) is 15.8. The van der Waals surface area contributed by atoms with Gasteiger partial charge in [-0.3, -0.25) is 9.78 Å². The lowest BCUT2D eigenvalue weighted by atomic mass is 10.1. The number of para-hydroxylation sites is 1. The van der Waals surface area contributed by atoms with E-state index in [1.807, 2.05) is 31.3 Å². The van der Waals surface area contributed by atoms with Crippen molar-refractivity contribution in [2.45, 2.75) is 13.0 Å². The number of fused-ring (bicyclic) bond motifs is 1. The second-order valence-electron chi connectivity index (χ2n) is 4.17. The maximum absolute atomic E-state index is 11.5. The topological polar surface area (TPSA) is 54.0 Å². The summed E-state index contributed by atoms with van der Waals surface area (Å²) in [6.45, 7) is 1.22. The minimum Gasteiger partial charge on any atom is -0.352 e. The number of benzene rings is 1. The van der Waals surface area contributed by atoms with Crippen molar-refractivity contribution < 1.29 is 4.79 Å². The third kappa shape index (κ3) is 3.28. The highest BCUT2D eigenvalue weighted by Gasteiger charge is 2.01. The molecule has 0 saturated carbocycles. The van der Waals surface area contributed by atoms with Crippen molar-refractivity contribution in [2.24, 2.45) is 0 Å². The summed E-state index contributed by atoms with van der Waals surface area (Å²) in [7, 11) is 1.83. The van der Waals surface area contributed by atoms with Crippen LogP contribution in [0.2, 0.25) is 0 Å². The lowest BCUT2D eigenvalue weighted by Gasteiger charge is -2.06. The van der Waals surface area contributed by atoms with E-state index in [1.165, 1.54) is 0 Å². The number of pyridine rings is 1. The van der Waals surface area contributed by atoms with Gasteiger partial charge < -0.3 is 10.6 Å². The van der Waals surface area contributed by atoms with Gasteiger partial charge >= 0.3 is 0 Å². The number of nitrogens with zero attached hydrogens (tertiary/aromatic N) is 1. The van der Waals surface area contributed by atoms with E-state index in [9.17, 15) is 4.79 Å². The molecule has 2 aromatic rings. The average Bonchev–Trinajstić information content (AvgIpc) is 2.42. The molecule has 1 aromatic heterocycles. The van der Waals surface area contributed by atoms with Crippen LogP contribution >= 0.6 is 0 Å². The van der Waals surface area contributed by atoms with Crippen molar-refractivity contribution in [1.82, 2.24) is 15.6 Å². The largest absolute Gasteiger partial charge is 0.352 e. The molecule has 0 aliphatic carbocycles. The predicted molar refractivity (Wildman–Crippen MR) is 72.1 cm³/mol. The van der Waals surface area contributed by atoms with Gasteiger partial charge in [-0.15, -0.1) is 0 Å². The SMILES string of the molecule is CNCCC(=O)NCc1cnc2ccccc2c1. The zero-order chi connectivity index (χ0) is 12.8. The minimum absolute atomic E-state index is 0.0532. The lowest BCUT2D eigenvalue weighted by molar-refractivity contribution is -0.121. The summed E-state index contributed by atoms with van der Waals surface area (Å²) >= 11 is 0. The molecule has 2 rings (SSSR count). The van der Waals surface area contributed by atoms with E-state index in [0.29, 0.717) is 19.5 Å². The normalized spacial score (nSPS) is 10.5. The third-order valence-corrected chi connectivity index (χ3v) is 2.74. The Hall–Kier alpha value is -1.94. The Kier molecular flexibility index (Phi) is 4.25. The molecule has 0 saturated heterocycles. The highest BCUT2D eigenvalue weighted by atomic mass is 16.1. The number of nitrogens with one attached hydrogen (secondary N) is 2. The molecule has 0 fully saturated rings. The number of aromatic nitrogens is 1. The van der Waals surface area contributed by atoms with Gasteiger partial charge in [0.2, 0.25) is 5.91 Å². The molecule has 0 spiro atoms. The van der Waals surface area contributed by atoms with E-state index in [4.69, 9.17) is 0 Å². The number of amides is 1. The molecule has 0 atom stereocenters. The van der Waals surface area contributed by atoms with E-state index in [-0.39, 0.29) is 5.91 Å². The van der Waals surface area contributed by atoms with Gasteiger partial charge in [-0.1, -0.05) is 18.2 Å². The molecule has 1 amide bonds. The maximum atomic E-state index is 11.5. The van der Waals surface area contributed by atoms with Crippen molar-refractivity contribution in [3.05, 3.63) is 42.1 Å². The summed E-state index contributed by atoms with van der Waals surface area (Å²) in [5, 5.41) is 6.92. The third-order valence-electron chi connectivity index (χ3n) is 2.74. The Morgan fingerprint density at radius 1 is 1.33 bits per heavy atom. The Morgan fingerprint density at radius 2 is 2.17 bits per heavy atom. The maximum Gasteiger partial charge on any atom is 0.221 e. The Morgan fingerprint density at radius 3 is 3.00 bits per heavy atom. The van der Waals surface area contributed by atoms with Gasteiger partial charge in [-0.25, -0.2) is 0 Å². The fourth-order valence-electron chi connectivity index (χ4n) is 1.74. The highest BCUT2D eigenvalue weighted by Crippen LogP contribution is 2.12. The molecule has 94 valence electrons. The minimum atomic E-state index is 0.0532. The van der Waals surface area contributed by atoms with Crippen LogP contribution in [0.1, 0.15) is 12.0 Å². The predicted octanol–water partition coefficient (Wildman–Crippen LogP) is 1.46. The van der Waals surface area contributed by atoms with E-state index in [2.05, 4.69) is 21.7 Å². The van der Waals surface area contributed by atoms with E-state index in [1.54, 1.807) is 6.20 Å². The smallest absolute Gasteiger partial charge is 0.221 e. The second kappa shape index (κ2) is 6.12. The fraction of sp³-hybridized carbons (Fsp3) is 0.286. The summed E-state index contributed by atoms with van der Waals surface area (Å²) < 4.78 is 0. The number of rotatable bonds is 5. The Labute approximate surface area is 106 Å². The van der Waals surface area contributed by atoms with Gasteiger partial charge in [0.05, 0.1) is 5.52 Å². The summed E-state index contributed by atoms with van der Waals surface area (Å²) in [5.74, 6) is 0.0532. The fourth-order valence-corrected chi connectivity index (χ4v) is 1.74. The molecule has 0 aliphatic rings. The summed E-state index contributed by atoms with van der Waals surface area (Å²) in [6.07, 6.45) is 2.30. The molecular formula is C14H17N3O. The van der Waals surface area contributed by atoms with Gasteiger partial charge in [-0.2, -0.15) is 0 Å². The average molecular weight is 243 g/mol. The number of carbonyl (C=O) groups excluding carboxylic acids is 1. The van der Waals surface area contributed by atoms with Crippen molar-refractivity contribution in [3.8, 4) is 0 Å². The van der Waals surface area contributed by atoms with Crippen molar-refractivity contribution in [1.29, 1.82) is 0 Å². The number of carbonyl (C=O) groups is 1. The van der Waals surface area contributed by atoms with Crippen LogP contribution < -0.4 is 10.6 Å². The number of hydrogen-bond acceptors (Lipinski definition) is 3. The molecule has 0 bridgehead atoms. The zero-order valence-electron chi connectivity index (χ0n) is 10.4. The Balaban J connectivity index is 1.97. The van der Waals surface area contributed by atoms with Crippen LogP contribution in [0.15, 0.2) is 36.5 Å². The molecule has 0 aliphatic heterocycles. The molecule has 4 nitrogen and oxygen atoms in total. The van der Waals surface area contributed by atoms with E-state index in [0.717, 1.165) is 16.5 Å². The first kappa shape index (κ1) is 12.5. The molecule has 1 aromatic carbocycles. The standard InChI is InChI=1S/C14H17N3O/c1-15-7-6-14(18)17-10-11-8-12-4-2-3-5-13(12)16-9-11/h2-5,8-9,15H,6-7,10H2,1H3,(H,17,18). The van der Waals surface area contributed by atoms with Crippen molar-refractivity contribution in [3.63, 3.8) is 0 Å². The second-order valence-corrected chi connectivity index (χ2v) is 4.17. The van der Waals surface area contributed by atoms with Gasteiger partial charge in [-0.05, 0) is 24.7 Å².